The van der Waals surface area contributed by atoms with Crippen LogP contribution in [0.2, 0.25) is 0 Å². The fourth-order valence-corrected chi connectivity index (χ4v) is 3.14. The Morgan fingerprint density at radius 2 is 1.77 bits per heavy atom. The Kier molecular flexibility index (Phi) is 5.87. The number of rotatable bonds is 5. The molecule has 0 bridgehead atoms. The first-order valence-corrected chi connectivity index (χ1v) is 7.97. The van der Waals surface area contributed by atoms with Crippen LogP contribution in [0, 0.1) is 5.92 Å². The van der Waals surface area contributed by atoms with Crippen molar-refractivity contribution in [1.82, 2.24) is 10.2 Å². The smallest absolute Gasteiger partial charge is 0.320 e. The second-order valence-corrected chi connectivity index (χ2v) is 6.17. The Morgan fingerprint density at radius 1 is 1.18 bits per heavy atom. The number of hydrogen-bond acceptors (Lipinski definition) is 2. The molecule has 0 radical (unpaired) electrons. The van der Waals surface area contributed by atoms with Gasteiger partial charge in [0.2, 0.25) is 0 Å². The quantitative estimate of drug-likeness (QED) is 0.880. The second kappa shape index (κ2) is 7.47. The average Bonchev–Trinajstić information content (AvgIpc) is 2.52. The number of likely N-dealkylation sites (tertiary alicyclic amines) is 1. The molecule has 124 valence electrons. The molecular formula is C17H25F3N2. The van der Waals surface area contributed by atoms with E-state index in [0.29, 0.717) is 0 Å². The maximum atomic E-state index is 12.6. The molecule has 0 aliphatic carbocycles. The summed E-state index contributed by atoms with van der Waals surface area (Å²) in [6.07, 6.45) is -0.703. The number of hydrogen-bond donors (Lipinski definition) is 1. The van der Waals surface area contributed by atoms with Crippen LogP contribution in [-0.4, -0.2) is 31.6 Å². The van der Waals surface area contributed by atoms with E-state index in [1.807, 2.05) is 7.05 Å². The summed E-state index contributed by atoms with van der Waals surface area (Å²) >= 11 is 0. The molecular weight excluding hydrogens is 289 g/mol. The lowest BCUT2D eigenvalue weighted by Gasteiger charge is -2.36. The lowest BCUT2D eigenvalue weighted by molar-refractivity contribution is -0.137. The molecule has 1 unspecified atom stereocenters. The minimum atomic E-state index is -4.26. The molecule has 1 heterocycles. The molecule has 1 aromatic rings. The molecule has 1 aliphatic heterocycles. The Labute approximate surface area is 130 Å². The first-order valence-electron chi connectivity index (χ1n) is 7.97. The first-order chi connectivity index (χ1) is 10.4. The van der Waals surface area contributed by atoms with Gasteiger partial charge in [-0.2, -0.15) is 13.2 Å². The second-order valence-electron chi connectivity index (χ2n) is 6.17. The maximum Gasteiger partial charge on any atom is 0.416 e. The van der Waals surface area contributed by atoms with Gasteiger partial charge in [0.25, 0.3) is 0 Å². The molecule has 0 amide bonds. The monoisotopic (exact) mass is 314 g/mol. The number of nitrogens with one attached hydrogen (secondary N) is 1. The Hall–Kier alpha value is -1.07. The largest absolute Gasteiger partial charge is 0.416 e. The van der Waals surface area contributed by atoms with Crippen LogP contribution in [0.1, 0.15) is 43.4 Å². The summed E-state index contributed by atoms with van der Waals surface area (Å²) in [5.74, 6) is 0.767. The highest BCUT2D eigenvalue weighted by atomic mass is 19.4. The molecule has 2 rings (SSSR count). The number of halogens is 3. The SMILES string of the molecule is CNCCC1CCN(C(C)c2ccc(C(F)(F)F)cc2)CC1. The lowest BCUT2D eigenvalue weighted by Crippen LogP contribution is -2.36. The highest BCUT2D eigenvalue weighted by molar-refractivity contribution is 5.26. The van der Waals surface area contributed by atoms with Crippen LogP contribution in [0.15, 0.2) is 24.3 Å². The van der Waals surface area contributed by atoms with Crippen molar-refractivity contribution in [2.75, 3.05) is 26.7 Å². The third-order valence-electron chi connectivity index (χ3n) is 4.72. The van der Waals surface area contributed by atoms with Gasteiger partial charge in [-0.05, 0) is 76.5 Å². The van der Waals surface area contributed by atoms with E-state index in [9.17, 15) is 13.2 Å². The summed E-state index contributed by atoms with van der Waals surface area (Å²) in [6, 6.07) is 5.77. The predicted octanol–water partition coefficient (Wildman–Crippen LogP) is 4.09. The van der Waals surface area contributed by atoms with E-state index >= 15 is 0 Å². The van der Waals surface area contributed by atoms with Gasteiger partial charge >= 0.3 is 6.18 Å². The highest BCUT2D eigenvalue weighted by Crippen LogP contribution is 2.32. The van der Waals surface area contributed by atoms with Gasteiger partial charge in [0, 0.05) is 6.04 Å². The van der Waals surface area contributed by atoms with Gasteiger partial charge in [0.1, 0.15) is 0 Å². The average molecular weight is 314 g/mol. The summed E-state index contributed by atoms with van der Waals surface area (Å²) in [4.78, 5) is 2.37. The zero-order valence-electron chi connectivity index (χ0n) is 13.3. The van der Waals surface area contributed by atoms with Crippen molar-refractivity contribution in [3.05, 3.63) is 35.4 Å². The summed E-state index contributed by atoms with van der Waals surface area (Å²) in [5, 5.41) is 3.19. The Bertz CT molecular complexity index is 448. The predicted molar refractivity (Wildman–Crippen MR) is 82.7 cm³/mol. The minimum Gasteiger partial charge on any atom is -0.320 e. The molecule has 1 saturated heterocycles. The van der Waals surface area contributed by atoms with Crippen molar-refractivity contribution in [3.63, 3.8) is 0 Å². The normalized spacial score (nSPS) is 19.3. The van der Waals surface area contributed by atoms with Crippen molar-refractivity contribution >= 4 is 0 Å². The van der Waals surface area contributed by atoms with E-state index in [-0.39, 0.29) is 6.04 Å². The third-order valence-corrected chi connectivity index (χ3v) is 4.72. The van der Waals surface area contributed by atoms with Crippen LogP contribution in [0.25, 0.3) is 0 Å². The molecule has 0 saturated carbocycles. The molecule has 1 aliphatic rings. The van der Waals surface area contributed by atoms with Gasteiger partial charge in [-0.1, -0.05) is 12.1 Å². The fourth-order valence-electron chi connectivity index (χ4n) is 3.14. The zero-order chi connectivity index (χ0) is 16.2. The summed E-state index contributed by atoms with van der Waals surface area (Å²) < 4.78 is 37.8. The van der Waals surface area contributed by atoms with Crippen LogP contribution in [-0.2, 0) is 6.18 Å². The molecule has 22 heavy (non-hydrogen) atoms. The van der Waals surface area contributed by atoms with Gasteiger partial charge in [0.05, 0.1) is 5.56 Å². The standard InChI is InChI=1S/C17H25F3N2/c1-13(15-3-5-16(6-4-15)17(18,19)20)22-11-8-14(9-12-22)7-10-21-2/h3-6,13-14,21H,7-12H2,1-2H3. The summed E-state index contributed by atoms with van der Waals surface area (Å²) in [5.41, 5.74) is 0.385. The Morgan fingerprint density at radius 3 is 2.27 bits per heavy atom. The van der Waals surface area contributed by atoms with Crippen molar-refractivity contribution in [1.29, 1.82) is 0 Å². The van der Waals surface area contributed by atoms with Gasteiger partial charge in [-0.25, -0.2) is 0 Å². The van der Waals surface area contributed by atoms with Crippen LogP contribution >= 0.6 is 0 Å². The molecule has 1 N–H and O–H groups in total. The van der Waals surface area contributed by atoms with E-state index in [1.54, 1.807) is 12.1 Å². The molecule has 1 atom stereocenters. The van der Waals surface area contributed by atoms with Gasteiger partial charge in [-0.15, -0.1) is 0 Å². The van der Waals surface area contributed by atoms with Crippen LogP contribution in [0.5, 0.6) is 0 Å². The van der Waals surface area contributed by atoms with Crippen LogP contribution < -0.4 is 5.32 Å². The van der Waals surface area contributed by atoms with Crippen molar-refractivity contribution in [2.45, 2.75) is 38.4 Å². The van der Waals surface area contributed by atoms with Crippen molar-refractivity contribution in [3.8, 4) is 0 Å². The number of nitrogens with zero attached hydrogens (tertiary/aromatic N) is 1. The third kappa shape index (κ3) is 4.46. The van der Waals surface area contributed by atoms with Crippen LogP contribution in [0.3, 0.4) is 0 Å². The first kappa shape index (κ1) is 17.3. The molecule has 2 nitrogen and oxygen atoms in total. The summed E-state index contributed by atoms with van der Waals surface area (Å²) in [6.45, 7) is 5.18. The molecule has 0 aromatic heterocycles. The van der Waals surface area contributed by atoms with Gasteiger partial charge in [-0.3, -0.25) is 4.90 Å². The van der Waals surface area contributed by atoms with Crippen molar-refractivity contribution in [2.24, 2.45) is 5.92 Å². The lowest BCUT2D eigenvalue weighted by atomic mass is 9.92. The number of alkyl halides is 3. The highest BCUT2D eigenvalue weighted by Gasteiger charge is 2.30. The summed E-state index contributed by atoms with van der Waals surface area (Å²) in [7, 11) is 1.97. The Balaban J connectivity index is 1.91. The number of benzene rings is 1. The van der Waals surface area contributed by atoms with E-state index in [4.69, 9.17) is 0 Å². The van der Waals surface area contributed by atoms with Gasteiger partial charge in [0.15, 0.2) is 0 Å². The minimum absolute atomic E-state index is 0.174. The molecule has 5 heteroatoms. The topological polar surface area (TPSA) is 15.3 Å². The van der Waals surface area contributed by atoms with E-state index < -0.39 is 11.7 Å². The van der Waals surface area contributed by atoms with Crippen molar-refractivity contribution < 1.29 is 13.2 Å². The maximum absolute atomic E-state index is 12.6. The molecule has 1 aromatic carbocycles. The molecule has 1 fully saturated rings. The fraction of sp³-hybridized carbons (Fsp3) is 0.647. The van der Waals surface area contributed by atoms with Gasteiger partial charge < -0.3 is 5.32 Å². The van der Waals surface area contributed by atoms with E-state index in [0.717, 1.165) is 31.1 Å². The van der Waals surface area contributed by atoms with E-state index in [1.165, 1.54) is 31.4 Å². The van der Waals surface area contributed by atoms with Crippen LogP contribution in [0.4, 0.5) is 13.2 Å². The molecule has 0 spiro atoms. The number of piperidine rings is 1. The van der Waals surface area contributed by atoms with E-state index in [2.05, 4.69) is 17.1 Å². The zero-order valence-corrected chi connectivity index (χ0v) is 13.3.